The lowest BCUT2D eigenvalue weighted by atomic mass is 10.2. The molecule has 1 amide bonds. The summed E-state index contributed by atoms with van der Waals surface area (Å²) >= 11 is 7.74. The fourth-order valence-electron chi connectivity index (χ4n) is 3.11. The Labute approximate surface area is 189 Å². The van der Waals surface area contributed by atoms with Gasteiger partial charge in [-0.2, -0.15) is 0 Å². The maximum atomic E-state index is 13.2. The van der Waals surface area contributed by atoms with Crippen LogP contribution in [-0.2, 0) is 11.3 Å². The average Bonchev–Trinajstić information content (AvgIpc) is 3.24. The van der Waals surface area contributed by atoms with Crippen LogP contribution in [0.4, 0.5) is 5.13 Å². The number of halogens is 1. The number of benzene rings is 3. The van der Waals surface area contributed by atoms with Crippen molar-refractivity contribution in [2.45, 2.75) is 13.5 Å². The maximum absolute atomic E-state index is 13.2. The quantitative estimate of drug-likeness (QED) is 0.351. The van der Waals surface area contributed by atoms with Crippen molar-refractivity contribution in [3.8, 4) is 11.5 Å². The van der Waals surface area contributed by atoms with Crippen LogP contribution in [0, 0.1) is 6.92 Å². The van der Waals surface area contributed by atoms with Gasteiger partial charge < -0.3 is 9.47 Å². The molecule has 0 fully saturated rings. The Kier molecular flexibility index (Phi) is 6.39. The molecular weight excluding hydrogens is 432 g/mol. The van der Waals surface area contributed by atoms with E-state index < -0.39 is 0 Å². The molecule has 0 aliphatic heterocycles. The van der Waals surface area contributed by atoms with Crippen molar-refractivity contribution >= 4 is 44.2 Å². The van der Waals surface area contributed by atoms with Crippen LogP contribution in [0.3, 0.4) is 0 Å². The fraction of sp³-hybridized carbons (Fsp3) is 0.167. The van der Waals surface area contributed by atoms with Gasteiger partial charge in [0.15, 0.2) is 11.7 Å². The molecule has 1 aromatic heterocycles. The van der Waals surface area contributed by atoms with E-state index in [9.17, 15) is 4.79 Å². The van der Waals surface area contributed by atoms with Gasteiger partial charge in [0.25, 0.3) is 5.91 Å². The molecule has 5 nitrogen and oxygen atoms in total. The minimum absolute atomic E-state index is 0.101. The van der Waals surface area contributed by atoms with Gasteiger partial charge in [0, 0.05) is 0 Å². The minimum atomic E-state index is -0.196. The monoisotopic (exact) mass is 452 g/mol. The zero-order valence-electron chi connectivity index (χ0n) is 17.2. The van der Waals surface area contributed by atoms with Gasteiger partial charge in [-0.05, 0) is 36.8 Å². The number of hydrogen-bond acceptors (Lipinski definition) is 5. The highest BCUT2D eigenvalue weighted by molar-refractivity contribution is 7.23. The highest BCUT2D eigenvalue weighted by atomic mass is 35.5. The van der Waals surface area contributed by atoms with Gasteiger partial charge in [-0.25, -0.2) is 4.98 Å². The van der Waals surface area contributed by atoms with Gasteiger partial charge >= 0.3 is 0 Å². The molecule has 0 spiro atoms. The van der Waals surface area contributed by atoms with Crippen LogP contribution in [0.5, 0.6) is 11.5 Å². The Hall–Kier alpha value is -3.09. The number of aromatic nitrogens is 1. The third kappa shape index (κ3) is 4.81. The lowest BCUT2D eigenvalue weighted by molar-refractivity contribution is -0.120. The van der Waals surface area contributed by atoms with E-state index >= 15 is 0 Å². The van der Waals surface area contributed by atoms with Crippen LogP contribution in [0.2, 0.25) is 5.02 Å². The number of nitrogens with zero attached hydrogens (tertiary/aromatic N) is 2. The largest absolute Gasteiger partial charge is 0.494 e. The Balaban J connectivity index is 1.65. The third-order valence-electron chi connectivity index (χ3n) is 4.77. The predicted octanol–water partition coefficient (Wildman–Crippen LogP) is 5.88. The molecule has 31 heavy (non-hydrogen) atoms. The number of amides is 1. The number of fused-ring (bicyclic) bond motifs is 1. The SMILES string of the molecule is COc1ccc(Cl)c2sc(N(Cc3ccccc3)C(=O)COc3ccc(C)cc3)nc12. The van der Waals surface area contributed by atoms with Crippen molar-refractivity contribution < 1.29 is 14.3 Å². The van der Waals surface area contributed by atoms with Crippen LogP contribution in [0.25, 0.3) is 10.2 Å². The van der Waals surface area contributed by atoms with Gasteiger partial charge in [-0.3, -0.25) is 9.69 Å². The summed E-state index contributed by atoms with van der Waals surface area (Å²) < 4.78 is 11.9. The summed E-state index contributed by atoms with van der Waals surface area (Å²) in [5.74, 6) is 1.07. The number of thiazole rings is 1. The summed E-state index contributed by atoms with van der Waals surface area (Å²) in [4.78, 5) is 19.5. The number of methoxy groups -OCH3 is 1. The molecule has 0 aliphatic rings. The van der Waals surface area contributed by atoms with Gasteiger partial charge in [0.1, 0.15) is 17.0 Å². The Morgan fingerprint density at radius 2 is 1.81 bits per heavy atom. The normalized spacial score (nSPS) is 10.8. The number of carbonyl (C=O) groups is 1. The lowest BCUT2D eigenvalue weighted by Gasteiger charge is -2.20. The number of hydrogen-bond donors (Lipinski definition) is 0. The summed E-state index contributed by atoms with van der Waals surface area (Å²) in [5.41, 5.74) is 2.76. The second-order valence-electron chi connectivity index (χ2n) is 6.99. The number of ether oxygens (including phenoxy) is 2. The number of aryl methyl sites for hydroxylation is 1. The molecule has 0 unspecified atom stereocenters. The standard InChI is InChI=1S/C24H21ClN2O3S/c1-16-8-10-18(11-9-16)30-15-21(28)27(14-17-6-4-3-5-7-17)24-26-22-20(29-2)13-12-19(25)23(22)31-24/h3-13H,14-15H2,1-2H3. The van der Waals surface area contributed by atoms with E-state index in [4.69, 9.17) is 21.1 Å². The molecule has 0 aliphatic carbocycles. The highest BCUT2D eigenvalue weighted by Gasteiger charge is 2.23. The first-order chi connectivity index (χ1) is 15.0. The van der Waals surface area contributed by atoms with E-state index in [0.717, 1.165) is 15.8 Å². The zero-order chi connectivity index (χ0) is 21.8. The molecule has 0 N–H and O–H groups in total. The molecule has 0 saturated carbocycles. The van der Waals surface area contributed by atoms with Gasteiger partial charge in [-0.1, -0.05) is 71.0 Å². The van der Waals surface area contributed by atoms with E-state index in [1.165, 1.54) is 11.3 Å². The van der Waals surface area contributed by atoms with Crippen LogP contribution < -0.4 is 14.4 Å². The highest BCUT2D eigenvalue weighted by Crippen LogP contribution is 2.39. The molecule has 3 aromatic carbocycles. The summed E-state index contributed by atoms with van der Waals surface area (Å²) in [6.45, 7) is 2.27. The van der Waals surface area contributed by atoms with E-state index in [0.29, 0.717) is 33.7 Å². The first-order valence-electron chi connectivity index (χ1n) is 9.72. The van der Waals surface area contributed by atoms with E-state index in [-0.39, 0.29) is 12.5 Å². The Bertz CT molecular complexity index is 1190. The predicted molar refractivity (Wildman–Crippen MR) is 125 cm³/mol. The van der Waals surface area contributed by atoms with E-state index in [1.54, 1.807) is 24.1 Å². The average molecular weight is 453 g/mol. The first-order valence-corrected chi connectivity index (χ1v) is 10.9. The summed E-state index contributed by atoms with van der Waals surface area (Å²) in [5, 5.41) is 1.12. The van der Waals surface area contributed by atoms with Crippen LogP contribution in [0.1, 0.15) is 11.1 Å². The van der Waals surface area contributed by atoms with Gasteiger partial charge in [-0.15, -0.1) is 0 Å². The molecule has 4 rings (SSSR count). The molecule has 0 radical (unpaired) electrons. The van der Waals surface area contributed by atoms with Gasteiger partial charge in [0.05, 0.1) is 23.4 Å². The molecule has 158 valence electrons. The summed E-state index contributed by atoms with van der Waals surface area (Å²) in [6, 6.07) is 20.9. The number of anilines is 1. The van der Waals surface area contributed by atoms with Crippen LogP contribution in [-0.4, -0.2) is 24.6 Å². The molecule has 1 heterocycles. The van der Waals surface area contributed by atoms with Crippen LogP contribution in [0.15, 0.2) is 66.7 Å². The minimum Gasteiger partial charge on any atom is -0.494 e. The molecule has 4 aromatic rings. The van der Waals surface area contributed by atoms with Crippen LogP contribution >= 0.6 is 22.9 Å². The van der Waals surface area contributed by atoms with Crippen molar-refractivity contribution in [1.82, 2.24) is 4.98 Å². The Morgan fingerprint density at radius 3 is 2.52 bits per heavy atom. The summed E-state index contributed by atoms with van der Waals surface area (Å²) in [6.07, 6.45) is 0. The van der Waals surface area contributed by atoms with Crippen molar-refractivity contribution in [2.24, 2.45) is 0 Å². The second-order valence-corrected chi connectivity index (χ2v) is 8.38. The molecular formula is C24H21ClN2O3S. The third-order valence-corrected chi connectivity index (χ3v) is 6.30. The van der Waals surface area contributed by atoms with E-state index in [2.05, 4.69) is 4.98 Å². The van der Waals surface area contributed by atoms with E-state index in [1.807, 2.05) is 61.5 Å². The number of carbonyl (C=O) groups excluding carboxylic acids is 1. The fourth-order valence-corrected chi connectivity index (χ4v) is 4.38. The topological polar surface area (TPSA) is 51.7 Å². The van der Waals surface area contributed by atoms with Gasteiger partial charge in [0.2, 0.25) is 0 Å². The molecule has 0 bridgehead atoms. The summed E-state index contributed by atoms with van der Waals surface area (Å²) in [7, 11) is 1.59. The van der Waals surface area contributed by atoms with Crippen molar-refractivity contribution in [1.29, 1.82) is 0 Å². The lowest BCUT2D eigenvalue weighted by Crippen LogP contribution is -2.34. The number of rotatable bonds is 7. The van der Waals surface area contributed by atoms with Crippen molar-refractivity contribution in [2.75, 3.05) is 18.6 Å². The molecule has 7 heteroatoms. The Morgan fingerprint density at radius 1 is 1.06 bits per heavy atom. The molecule has 0 saturated heterocycles. The second kappa shape index (κ2) is 9.37. The van der Waals surface area contributed by atoms with Crippen molar-refractivity contribution in [3.63, 3.8) is 0 Å². The first kappa shape index (κ1) is 21.2. The molecule has 0 atom stereocenters. The van der Waals surface area contributed by atoms with Crippen molar-refractivity contribution in [3.05, 3.63) is 82.9 Å². The zero-order valence-corrected chi connectivity index (χ0v) is 18.7. The smallest absolute Gasteiger partial charge is 0.267 e. The maximum Gasteiger partial charge on any atom is 0.267 e.